The first-order chi connectivity index (χ1) is 12.3. The van der Waals surface area contributed by atoms with Crippen molar-refractivity contribution >= 4 is 30.7 Å². The van der Waals surface area contributed by atoms with Crippen molar-refractivity contribution in [1.82, 2.24) is 25.0 Å². The fourth-order valence-electron chi connectivity index (χ4n) is 3.93. The number of aromatic nitrogens is 3. The summed E-state index contributed by atoms with van der Waals surface area (Å²) in [5.41, 5.74) is 2.99. The lowest BCUT2D eigenvalue weighted by Gasteiger charge is -2.35. The van der Waals surface area contributed by atoms with Gasteiger partial charge in [-0.2, -0.15) is 5.10 Å². The van der Waals surface area contributed by atoms with Crippen LogP contribution in [0.25, 0.3) is 0 Å². The predicted octanol–water partition coefficient (Wildman–Crippen LogP) is 2.85. The summed E-state index contributed by atoms with van der Waals surface area (Å²) < 4.78 is 2.02. The number of amides is 1. The van der Waals surface area contributed by atoms with Gasteiger partial charge in [-0.05, 0) is 56.8 Å². The van der Waals surface area contributed by atoms with E-state index in [1.807, 2.05) is 27.9 Å². The van der Waals surface area contributed by atoms with Crippen LogP contribution in [0, 0.1) is 0 Å². The number of halogens is 2. The van der Waals surface area contributed by atoms with Crippen molar-refractivity contribution in [3.8, 4) is 0 Å². The molecule has 1 amide bonds. The fraction of sp³-hybridized carbons (Fsp3) is 0.526. The van der Waals surface area contributed by atoms with Gasteiger partial charge in [0.05, 0.1) is 17.5 Å². The zero-order valence-electron chi connectivity index (χ0n) is 15.3. The number of carbonyl (C=O) groups excluding carboxylic acids is 1. The molecule has 0 spiro atoms. The van der Waals surface area contributed by atoms with Crippen molar-refractivity contribution in [3.05, 3.63) is 47.5 Å². The van der Waals surface area contributed by atoms with E-state index in [-0.39, 0.29) is 36.8 Å². The number of hydrogen-bond acceptors (Lipinski definition) is 4. The van der Waals surface area contributed by atoms with Crippen LogP contribution in [-0.2, 0) is 19.5 Å². The largest absolute Gasteiger partial charge is 0.331 e. The Balaban J connectivity index is 0.00000131. The van der Waals surface area contributed by atoms with E-state index in [4.69, 9.17) is 0 Å². The third-order valence-corrected chi connectivity index (χ3v) is 5.30. The van der Waals surface area contributed by atoms with Crippen molar-refractivity contribution in [3.63, 3.8) is 0 Å². The Hall–Kier alpha value is -1.63. The quantitative estimate of drug-likeness (QED) is 0.839. The first-order valence-electron chi connectivity index (χ1n) is 9.28. The summed E-state index contributed by atoms with van der Waals surface area (Å²) in [5.74, 6) is 0.124. The van der Waals surface area contributed by atoms with Gasteiger partial charge in [-0.15, -0.1) is 24.8 Å². The summed E-state index contributed by atoms with van der Waals surface area (Å²) in [6, 6.07) is 4.25. The molecule has 0 bridgehead atoms. The maximum absolute atomic E-state index is 13.4. The average Bonchev–Trinajstić information content (AvgIpc) is 3.11. The summed E-state index contributed by atoms with van der Waals surface area (Å²) in [7, 11) is 0. The Morgan fingerprint density at radius 1 is 1.22 bits per heavy atom. The number of nitrogens with one attached hydrogen (secondary N) is 1. The maximum Gasteiger partial charge on any atom is 0.257 e. The molecule has 0 aliphatic carbocycles. The van der Waals surface area contributed by atoms with E-state index < -0.39 is 0 Å². The van der Waals surface area contributed by atoms with E-state index in [9.17, 15) is 4.79 Å². The van der Waals surface area contributed by atoms with Crippen LogP contribution < -0.4 is 5.32 Å². The lowest BCUT2D eigenvalue weighted by atomic mass is 10.0. The van der Waals surface area contributed by atoms with Crippen molar-refractivity contribution in [2.24, 2.45) is 0 Å². The van der Waals surface area contributed by atoms with Gasteiger partial charge in [0.25, 0.3) is 5.91 Å². The van der Waals surface area contributed by atoms with Crippen LogP contribution in [-0.4, -0.2) is 44.7 Å². The molecule has 148 valence electrons. The van der Waals surface area contributed by atoms with E-state index in [2.05, 4.69) is 15.4 Å². The minimum Gasteiger partial charge on any atom is -0.331 e. The Labute approximate surface area is 172 Å². The zero-order valence-corrected chi connectivity index (χ0v) is 17.0. The van der Waals surface area contributed by atoms with Crippen LogP contribution in [0.2, 0.25) is 0 Å². The smallest absolute Gasteiger partial charge is 0.257 e. The third kappa shape index (κ3) is 4.81. The monoisotopic (exact) mass is 411 g/mol. The summed E-state index contributed by atoms with van der Waals surface area (Å²) in [6.45, 7) is 3.47. The Morgan fingerprint density at radius 2 is 2.04 bits per heavy atom. The molecule has 2 aromatic rings. The number of hydrogen-bond donors (Lipinski definition) is 1. The van der Waals surface area contributed by atoms with Crippen molar-refractivity contribution in [2.45, 2.75) is 51.2 Å². The molecule has 0 saturated carbocycles. The predicted molar refractivity (Wildman–Crippen MR) is 110 cm³/mol. The van der Waals surface area contributed by atoms with Gasteiger partial charge in [-0.3, -0.25) is 14.5 Å². The number of fused-ring (bicyclic) bond motifs is 1. The highest BCUT2D eigenvalue weighted by atomic mass is 35.5. The molecule has 2 aliphatic heterocycles. The Kier molecular flexibility index (Phi) is 8.07. The molecule has 4 heterocycles. The highest BCUT2D eigenvalue weighted by molar-refractivity contribution is 5.95. The first-order valence-corrected chi connectivity index (χ1v) is 9.28. The standard InChI is InChI=1S/C19H25N5O.2ClH/c25-19(17-13-22-24-11-2-1-5-18(17)24)23(16-6-9-20-10-7-16)14-15-4-3-8-21-12-15;;/h3-4,8,12-13,16,20H,1-2,5-7,9-11,14H2;2*1H. The first kappa shape index (κ1) is 21.7. The maximum atomic E-state index is 13.4. The lowest BCUT2D eigenvalue weighted by molar-refractivity contribution is 0.0621. The molecule has 0 radical (unpaired) electrons. The summed E-state index contributed by atoms with van der Waals surface area (Å²) in [5, 5.41) is 7.85. The number of nitrogens with zero attached hydrogens (tertiary/aromatic N) is 4. The number of rotatable bonds is 4. The SMILES string of the molecule is Cl.Cl.O=C(c1cnn2c1CCCC2)N(Cc1cccnc1)C1CCNCC1. The van der Waals surface area contributed by atoms with Crippen LogP contribution >= 0.6 is 24.8 Å². The summed E-state index contributed by atoms with van der Waals surface area (Å²) >= 11 is 0. The molecule has 1 saturated heterocycles. The average molecular weight is 412 g/mol. The topological polar surface area (TPSA) is 63.1 Å². The molecular formula is C19H27Cl2N5O. The van der Waals surface area contributed by atoms with Crippen molar-refractivity contribution in [2.75, 3.05) is 13.1 Å². The molecule has 0 unspecified atom stereocenters. The summed E-state index contributed by atoms with van der Waals surface area (Å²) in [6.07, 6.45) is 10.6. The van der Waals surface area contributed by atoms with Gasteiger partial charge < -0.3 is 10.2 Å². The lowest BCUT2D eigenvalue weighted by Crippen LogP contribution is -2.46. The van der Waals surface area contributed by atoms with Crippen LogP contribution in [0.15, 0.2) is 30.7 Å². The zero-order chi connectivity index (χ0) is 17.1. The highest BCUT2D eigenvalue weighted by Gasteiger charge is 2.29. The number of pyridine rings is 1. The molecule has 1 fully saturated rings. The van der Waals surface area contributed by atoms with Crippen LogP contribution in [0.4, 0.5) is 0 Å². The van der Waals surface area contributed by atoms with Gasteiger partial charge in [0.2, 0.25) is 0 Å². The third-order valence-electron chi connectivity index (χ3n) is 5.30. The summed E-state index contributed by atoms with van der Waals surface area (Å²) in [4.78, 5) is 19.7. The van der Waals surface area contributed by atoms with Crippen LogP contribution in [0.3, 0.4) is 0 Å². The van der Waals surface area contributed by atoms with Crippen molar-refractivity contribution < 1.29 is 4.79 Å². The minimum absolute atomic E-state index is 0. The normalized spacial score (nSPS) is 16.6. The second-order valence-corrected chi connectivity index (χ2v) is 6.96. The number of aryl methyl sites for hydroxylation is 1. The molecule has 6 nitrogen and oxygen atoms in total. The molecular weight excluding hydrogens is 385 g/mol. The van der Waals surface area contributed by atoms with E-state index in [0.29, 0.717) is 6.54 Å². The van der Waals surface area contributed by atoms with Crippen molar-refractivity contribution in [1.29, 1.82) is 0 Å². The van der Waals surface area contributed by atoms with E-state index in [1.54, 1.807) is 12.4 Å². The molecule has 0 atom stereocenters. The van der Waals surface area contributed by atoms with E-state index in [1.165, 1.54) is 0 Å². The molecule has 2 aliphatic rings. The molecule has 4 rings (SSSR count). The number of carbonyl (C=O) groups is 1. The van der Waals surface area contributed by atoms with E-state index >= 15 is 0 Å². The Morgan fingerprint density at radius 3 is 2.78 bits per heavy atom. The fourth-order valence-corrected chi connectivity index (χ4v) is 3.93. The number of piperidine rings is 1. The van der Waals surface area contributed by atoms with Crippen LogP contribution in [0.1, 0.15) is 47.3 Å². The van der Waals surface area contributed by atoms with Gasteiger partial charge in [0.15, 0.2) is 0 Å². The van der Waals surface area contributed by atoms with E-state index in [0.717, 1.165) is 68.6 Å². The van der Waals surface area contributed by atoms with Crippen LogP contribution in [0.5, 0.6) is 0 Å². The molecule has 0 aromatic carbocycles. The molecule has 27 heavy (non-hydrogen) atoms. The van der Waals surface area contributed by atoms with Gasteiger partial charge in [0, 0.05) is 31.5 Å². The van der Waals surface area contributed by atoms with Gasteiger partial charge in [-0.1, -0.05) is 6.07 Å². The van der Waals surface area contributed by atoms with Gasteiger partial charge >= 0.3 is 0 Å². The Bertz CT molecular complexity index is 731. The molecule has 2 aromatic heterocycles. The van der Waals surface area contributed by atoms with Gasteiger partial charge in [-0.25, -0.2) is 0 Å². The second kappa shape index (κ2) is 10.1. The van der Waals surface area contributed by atoms with Gasteiger partial charge in [0.1, 0.15) is 0 Å². The second-order valence-electron chi connectivity index (χ2n) is 6.96. The highest BCUT2D eigenvalue weighted by Crippen LogP contribution is 2.23. The minimum atomic E-state index is 0. The molecule has 1 N–H and O–H groups in total. The molecule has 8 heteroatoms.